The molecule has 6 heteroatoms. The number of aromatic nitrogens is 2. The first-order chi connectivity index (χ1) is 8.00. The maximum atomic E-state index is 11.6. The van der Waals surface area contributed by atoms with Gasteiger partial charge in [-0.25, -0.2) is 9.97 Å². The van der Waals surface area contributed by atoms with Crippen molar-refractivity contribution in [3.8, 4) is 0 Å². The third-order valence-electron chi connectivity index (χ3n) is 2.54. The Kier molecular flexibility index (Phi) is 4.84. The van der Waals surface area contributed by atoms with Gasteiger partial charge in [-0.15, -0.1) is 0 Å². The quantitative estimate of drug-likeness (QED) is 0.760. The summed E-state index contributed by atoms with van der Waals surface area (Å²) >= 11 is 0. The van der Waals surface area contributed by atoms with Crippen LogP contribution in [0.4, 0.5) is 5.82 Å². The molecule has 0 saturated heterocycles. The predicted octanol–water partition coefficient (Wildman–Crippen LogP) is 0.129. The van der Waals surface area contributed by atoms with E-state index in [1.165, 1.54) is 12.4 Å². The van der Waals surface area contributed by atoms with Crippen molar-refractivity contribution in [2.45, 2.75) is 19.9 Å². The Morgan fingerprint density at radius 3 is 2.71 bits per heavy atom. The zero-order valence-corrected chi connectivity index (χ0v) is 10.5. The van der Waals surface area contributed by atoms with Crippen molar-refractivity contribution in [2.75, 3.05) is 25.9 Å². The normalized spacial score (nSPS) is 10.9. The van der Waals surface area contributed by atoms with Crippen molar-refractivity contribution in [3.05, 3.63) is 18.1 Å². The molecule has 0 saturated carbocycles. The van der Waals surface area contributed by atoms with Gasteiger partial charge in [0.15, 0.2) is 0 Å². The highest BCUT2D eigenvalue weighted by Gasteiger charge is 2.08. The molecular weight excluding hydrogens is 218 g/mol. The van der Waals surface area contributed by atoms with E-state index < -0.39 is 0 Å². The van der Waals surface area contributed by atoms with Crippen LogP contribution in [-0.2, 0) is 0 Å². The molecule has 6 nitrogen and oxygen atoms in total. The molecule has 94 valence electrons. The van der Waals surface area contributed by atoms with Gasteiger partial charge in [-0.2, -0.15) is 0 Å². The molecule has 0 spiro atoms. The van der Waals surface area contributed by atoms with Crippen molar-refractivity contribution in [1.82, 2.24) is 20.2 Å². The van der Waals surface area contributed by atoms with E-state index in [0.717, 1.165) is 6.54 Å². The summed E-state index contributed by atoms with van der Waals surface area (Å²) in [5.74, 6) is 0.0794. The lowest BCUT2D eigenvalue weighted by Crippen LogP contribution is -2.36. The smallest absolute Gasteiger partial charge is 0.271 e. The van der Waals surface area contributed by atoms with Gasteiger partial charge in [0.2, 0.25) is 0 Å². The number of nitrogen functional groups attached to an aromatic ring is 1. The van der Waals surface area contributed by atoms with Crippen LogP contribution in [0.2, 0.25) is 0 Å². The van der Waals surface area contributed by atoms with E-state index in [1.54, 1.807) is 0 Å². The van der Waals surface area contributed by atoms with E-state index in [0.29, 0.717) is 18.4 Å². The van der Waals surface area contributed by atoms with Crippen molar-refractivity contribution in [1.29, 1.82) is 0 Å². The number of carbonyl (C=O) groups excluding carboxylic acids is 1. The first-order valence-electron chi connectivity index (χ1n) is 5.56. The number of likely N-dealkylation sites (N-methyl/N-ethyl adjacent to an activating group) is 1. The van der Waals surface area contributed by atoms with E-state index in [-0.39, 0.29) is 11.6 Å². The van der Waals surface area contributed by atoms with Gasteiger partial charge < -0.3 is 16.0 Å². The lowest BCUT2D eigenvalue weighted by atomic mass is 10.3. The van der Waals surface area contributed by atoms with Crippen LogP contribution in [0.15, 0.2) is 12.4 Å². The Morgan fingerprint density at radius 2 is 2.18 bits per heavy atom. The summed E-state index contributed by atoms with van der Waals surface area (Å²) in [6, 6.07) is 0.461. The molecule has 0 unspecified atom stereocenters. The molecule has 3 N–H and O–H groups in total. The number of anilines is 1. The van der Waals surface area contributed by atoms with Gasteiger partial charge in [0.05, 0.1) is 12.4 Å². The van der Waals surface area contributed by atoms with Crippen LogP contribution in [0.3, 0.4) is 0 Å². The van der Waals surface area contributed by atoms with Crippen LogP contribution in [0, 0.1) is 0 Å². The van der Waals surface area contributed by atoms with Crippen LogP contribution in [0.5, 0.6) is 0 Å². The van der Waals surface area contributed by atoms with E-state index >= 15 is 0 Å². The first kappa shape index (κ1) is 13.4. The van der Waals surface area contributed by atoms with E-state index in [9.17, 15) is 4.79 Å². The fraction of sp³-hybridized carbons (Fsp3) is 0.545. The van der Waals surface area contributed by atoms with Crippen LogP contribution in [0.1, 0.15) is 24.3 Å². The SMILES string of the molecule is CC(C)N(C)CCNC(=O)c1cnc(N)cn1. The minimum atomic E-state index is -0.227. The zero-order valence-electron chi connectivity index (χ0n) is 10.5. The minimum Gasteiger partial charge on any atom is -0.382 e. The van der Waals surface area contributed by atoms with Crippen LogP contribution < -0.4 is 11.1 Å². The van der Waals surface area contributed by atoms with Gasteiger partial charge in [0.1, 0.15) is 11.5 Å². The second-order valence-corrected chi connectivity index (χ2v) is 4.16. The number of nitrogens with one attached hydrogen (secondary N) is 1. The zero-order chi connectivity index (χ0) is 12.8. The van der Waals surface area contributed by atoms with Gasteiger partial charge in [-0.1, -0.05) is 0 Å². The van der Waals surface area contributed by atoms with Crippen molar-refractivity contribution < 1.29 is 4.79 Å². The molecule has 1 heterocycles. The topological polar surface area (TPSA) is 84.1 Å². The second kappa shape index (κ2) is 6.15. The molecule has 0 fully saturated rings. The monoisotopic (exact) mass is 237 g/mol. The molecule has 0 bridgehead atoms. The molecule has 17 heavy (non-hydrogen) atoms. The molecule has 0 aliphatic heterocycles. The molecule has 0 aliphatic carbocycles. The molecule has 0 radical (unpaired) electrons. The fourth-order valence-electron chi connectivity index (χ4n) is 1.15. The van der Waals surface area contributed by atoms with E-state index in [4.69, 9.17) is 5.73 Å². The number of hydrogen-bond donors (Lipinski definition) is 2. The number of nitrogens with two attached hydrogens (primary N) is 1. The summed E-state index contributed by atoms with van der Waals surface area (Å²) in [5.41, 5.74) is 5.67. The maximum Gasteiger partial charge on any atom is 0.271 e. The number of rotatable bonds is 5. The average molecular weight is 237 g/mol. The van der Waals surface area contributed by atoms with Gasteiger partial charge >= 0.3 is 0 Å². The van der Waals surface area contributed by atoms with Crippen LogP contribution >= 0.6 is 0 Å². The summed E-state index contributed by atoms with van der Waals surface area (Å²) < 4.78 is 0. The molecule has 0 aliphatic rings. The summed E-state index contributed by atoms with van der Waals surface area (Å²) in [6.45, 7) is 5.59. The third-order valence-corrected chi connectivity index (χ3v) is 2.54. The Labute approximate surface area is 101 Å². The van der Waals surface area contributed by atoms with Crippen LogP contribution in [-0.4, -0.2) is 47.0 Å². The van der Waals surface area contributed by atoms with Crippen molar-refractivity contribution in [2.24, 2.45) is 0 Å². The molecule has 0 atom stereocenters. The molecule has 1 aromatic heterocycles. The van der Waals surface area contributed by atoms with Crippen molar-refractivity contribution in [3.63, 3.8) is 0 Å². The number of amides is 1. The van der Waals surface area contributed by atoms with E-state index in [2.05, 4.69) is 34.0 Å². The van der Waals surface area contributed by atoms with Gasteiger partial charge in [-0.3, -0.25) is 4.79 Å². The summed E-state index contributed by atoms with van der Waals surface area (Å²) in [4.78, 5) is 21.5. The highest BCUT2D eigenvalue weighted by molar-refractivity contribution is 5.91. The number of nitrogens with zero attached hydrogens (tertiary/aromatic N) is 3. The van der Waals surface area contributed by atoms with Gasteiger partial charge in [0, 0.05) is 19.1 Å². The number of hydrogen-bond acceptors (Lipinski definition) is 5. The Bertz CT molecular complexity index is 363. The largest absolute Gasteiger partial charge is 0.382 e. The summed E-state index contributed by atoms with van der Waals surface area (Å²) in [5, 5.41) is 2.78. The molecular formula is C11H19N5O. The first-order valence-corrected chi connectivity index (χ1v) is 5.56. The average Bonchev–Trinajstić information content (AvgIpc) is 2.29. The minimum absolute atomic E-state index is 0.227. The summed E-state index contributed by atoms with van der Waals surface area (Å²) in [7, 11) is 2.01. The fourth-order valence-corrected chi connectivity index (χ4v) is 1.15. The van der Waals surface area contributed by atoms with Gasteiger partial charge in [-0.05, 0) is 20.9 Å². The Hall–Kier alpha value is -1.69. The second-order valence-electron chi connectivity index (χ2n) is 4.16. The van der Waals surface area contributed by atoms with Gasteiger partial charge in [0.25, 0.3) is 5.91 Å². The Morgan fingerprint density at radius 1 is 1.47 bits per heavy atom. The standard InChI is InChI=1S/C11H19N5O/c1-8(2)16(3)5-4-13-11(17)9-6-15-10(12)7-14-9/h6-8H,4-5H2,1-3H3,(H2,12,15)(H,13,17). The maximum absolute atomic E-state index is 11.6. The Balaban J connectivity index is 2.37. The summed E-state index contributed by atoms with van der Waals surface area (Å²) in [6.07, 6.45) is 2.74. The molecule has 1 rings (SSSR count). The predicted molar refractivity (Wildman–Crippen MR) is 66.5 cm³/mol. The third kappa shape index (κ3) is 4.36. The molecule has 0 aromatic carbocycles. The lowest BCUT2D eigenvalue weighted by molar-refractivity contribution is 0.0942. The highest BCUT2D eigenvalue weighted by Crippen LogP contribution is 1.96. The van der Waals surface area contributed by atoms with Crippen molar-refractivity contribution >= 4 is 11.7 Å². The highest BCUT2D eigenvalue weighted by atomic mass is 16.1. The van der Waals surface area contributed by atoms with E-state index in [1.807, 2.05) is 7.05 Å². The molecule has 1 amide bonds. The molecule has 1 aromatic rings. The van der Waals surface area contributed by atoms with Crippen LogP contribution in [0.25, 0.3) is 0 Å². The number of carbonyl (C=O) groups is 1. The lowest BCUT2D eigenvalue weighted by Gasteiger charge is -2.20.